The van der Waals surface area contributed by atoms with E-state index in [4.69, 9.17) is 0 Å². The van der Waals surface area contributed by atoms with Crippen LogP contribution in [0.4, 0.5) is 0 Å². The Bertz CT molecular complexity index is 209. The molecule has 0 aromatic carbocycles. The molecule has 0 aliphatic heterocycles. The molecule has 0 amide bonds. The minimum atomic E-state index is -0.239. The number of aliphatic hydroxyl groups is 2. The molecule has 2 aliphatic rings. The molecule has 3 atom stereocenters. The maximum Gasteiger partial charge on any atom is 0.0650 e. The molecule has 2 N–H and O–H groups in total. The minimum absolute atomic E-state index is 0.113. The topological polar surface area (TPSA) is 40.5 Å². The zero-order valence-electron chi connectivity index (χ0n) is 9.78. The Morgan fingerprint density at radius 1 is 1.20 bits per heavy atom. The van der Waals surface area contributed by atoms with Crippen molar-refractivity contribution in [1.29, 1.82) is 0 Å². The van der Waals surface area contributed by atoms with E-state index in [9.17, 15) is 10.2 Å². The van der Waals surface area contributed by atoms with Crippen molar-refractivity contribution >= 4 is 0 Å². The molecule has 2 heteroatoms. The van der Waals surface area contributed by atoms with E-state index < -0.39 is 0 Å². The van der Waals surface area contributed by atoms with Gasteiger partial charge in [-0.25, -0.2) is 0 Å². The van der Waals surface area contributed by atoms with Crippen LogP contribution in [0.15, 0.2) is 0 Å². The Hall–Kier alpha value is -0.0800. The van der Waals surface area contributed by atoms with Crippen LogP contribution >= 0.6 is 0 Å². The van der Waals surface area contributed by atoms with Crippen LogP contribution in [0.5, 0.6) is 0 Å². The van der Waals surface area contributed by atoms with E-state index in [2.05, 4.69) is 6.92 Å². The smallest absolute Gasteiger partial charge is 0.0650 e. The van der Waals surface area contributed by atoms with Gasteiger partial charge in [-0.05, 0) is 31.6 Å². The van der Waals surface area contributed by atoms with Gasteiger partial charge in [0.15, 0.2) is 0 Å². The molecule has 88 valence electrons. The Morgan fingerprint density at radius 2 is 1.87 bits per heavy atom. The molecule has 2 nitrogen and oxygen atoms in total. The summed E-state index contributed by atoms with van der Waals surface area (Å²) in [6.07, 6.45) is 8.28. The summed E-state index contributed by atoms with van der Waals surface area (Å²) in [7, 11) is 0. The molecule has 1 spiro atoms. The van der Waals surface area contributed by atoms with Gasteiger partial charge < -0.3 is 10.2 Å². The molecule has 0 aromatic rings. The lowest BCUT2D eigenvalue weighted by Gasteiger charge is -2.32. The lowest BCUT2D eigenvalue weighted by atomic mass is 9.79. The molecule has 0 saturated heterocycles. The maximum atomic E-state index is 10.4. The molecular weight excluding hydrogens is 188 g/mol. The summed E-state index contributed by atoms with van der Waals surface area (Å²) in [4.78, 5) is 0. The fourth-order valence-corrected chi connectivity index (χ4v) is 3.72. The molecule has 0 radical (unpaired) electrons. The molecule has 0 aromatic heterocycles. The highest BCUT2D eigenvalue weighted by Gasteiger charge is 2.54. The van der Waals surface area contributed by atoms with Crippen molar-refractivity contribution in [3.05, 3.63) is 0 Å². The summed E-state index contributed by atoms with van der Waals surface area (Å²) < 4.78 is 0. The van der Waals surface area contributed by atoms with Crippen LogP contribution in [0, 0.1) is 11.3 Å². The molecule has 2 fully saturated rings. The Balaban J connectivity index is 2.02. The number of rotatable bonds is 3. The molecule has 3 unspecified atom stereocenters. The van der Waals surface area contributed by atoms with Gasteiger partial charge in [0.1, 0.15) is 0 Å². The number of hydrogen-bond donors (Lipinski definition) is 2. The van der Waals surface area contributed by atoms with E-state index in [1.807, 2.05) is 0 Å². The van der Waals surface area contributed by atoms with Crippen LogP contribution in [0.25, 0.3) is 0 Å². The second kappa shape index (κ2) is 4.42. The van der Waals surface area contributed by atoms with Gasteiger partial charge in [-0.15, -0.1) is 0 Å². The van der Waals surface area contributed by atoms with Gasteiger partial charge in [0, 0.05) is 5.41 Å². The summed E-state index contributed by atoms with van der Waals surface area (Å²) in [6, 6.07) is 0. The van der Waals surface area contributed by atoms with E-state index in [0.29, 0.717) is 5.92 Å². The Morgan fingerprint density at radius 3 is 2.47 bits per heavy atom. The monoisotopic (exact) mass is 212 g/mol. The summed E-state index contributed by atoms with van der Waals surface area (Å²) in [5, 5.41) is 20.5. The predicted octanol–water partition coefficient (Wildman–Crippen LogP) is 2.48. The van der Waals surface area contributed by atoms with Crippen molar-refractivity contribution in [3.63, 3.8) is 0 Å². The van der Waals surface area contributed by atoms with Gasteiger partial charge in [0.2, 0.25) is 0 Å². The third-order valence-corrected chi connectivity index (χ3v) is 4.69. The first-order chi connectivity index (χ1) is 7.20. The van der Waals surface area contributed by atoms with Crippen molar-refractivity contribution in [2.24, 2.45) is 11.3 Å². The van der Waals surface area contributed by atoms with Gasteiger partial charge in [0.05, 0.1) is 12.2 Å². The molecule has 2 aliphatic carbocycles. The summed E-state index contributed by atoms with van der Waals surface area (Å²) in [6.45, 7) is 2.18. The van der Waals surface area contributed by atoms with Gasteiger partial charge in [-0.2, -0.15) is 0 Å². The Kier molecular flexibility index (Phi) is 3.36. The van der Waals surface area contributed by atoms with Gasteiger partial charge in [-0.1, -0.05) is 32.6 Å². The third-order valence-electron chi connectivity index (χ3n) is 4.69. The zero-order chi connectivity index (χ0) is 10.9. The number of aliphatic hydroxyl groups excluding tert-OH is 2. The van der Waals surface area contributed by atoms with E-state index in [0.717, 1.165) is 25.7 Å². The second-order valence-electron chi connectivity index (χ2n) is 5.54. The van der Waals surface area contributed by atoms with Gasteiger partial charge in [-0.3, -0.25) is 0 Å². The van der Waals surface area contributed by atoms with Crippen molar-refractivity contribution in [1.82, 2.24) is 0 Å². The van der Waals surface area contributed by atoms with E-state index in [-0.39, 0.29) is 17.6 Å². The van der Waals surface area contributed by atoms with Crippen LogP contribution in [0.2, 0.25) is 0 Å². The average molecular weight is 212 g/mol. The number of unbranched alkanes of at least 4 members (excludes halogenated alkanes) is 1. The summed E-state index contributed by atoms with van der Waals surface area (Å²) >= 11 is 0. The quantitative estimate of drug-likeness (QED) is 0.754. The van der Waals surface area contributed by atoms with Crippen LogP contribution in [0.1, 0.15) is 58.3 Å². The van der Waals surface area contributed by atoms with Crippen molar-refractivity contribution in [3.8, 4) is 0 Å². The minimum Gasteiger partial charge on any atom is -0.392 e. The summed E-state index contributed by atoms with van der Waals surface area (Å²) in [5.74, 6) is 0.359. The third kappa shape index (κ3) is 1.83. The summed E-state index contributed by atoms with van der Waals surface area (Å²) in [5.41, 5.74) is -0.113. The molecule has 0 heterocycles. The SMILES string of the molecule is CCCCC1CC(O)C2(CCCC2)C1O. The van der Waals surface area contributed by atoms with Gasteiger partial charge >= 0.3 is 0 Å². The lowest BCUT2D eigenvalue weighted by Crippen LogP contribution is -2.37. The predicted molar refractivity (Wildman–Crippen MR) is 60.5 cm³/mol. The first-order valence-electron chi connectivity index (χ1n) is 6.57. The van der Waals surface area contributed by atoms with Crippen molar-refractivity contribution in [2.45, 2.75) is 70.5 Å². The first-order valence-corrected chi connectivity index (χ1v) is 6.57. The Labute approximate surface area is 92.7 Å². The second-order valence-corrected chi connectivity index (χ2v) is 5.54. The molecule has 15 heavy (non-hydrogen) atoms. The van der Waals surface area contributed by atoms with Crippen LogP contribution in [-0.4, -0.2) is 22.4 Å². The highest BCUT2D eigenvalue weighted by atomic mass is 16.3. The average Bonchev–Trinajstić information content (AvgIpc) is 2.79. The molecular formula is C13H24O2. The number of hydrogen-bond acceptors (Lipinski definition) is 2. The zero-order valence-corrected chi connectivity index (χ0v) is 9.78. The fraction of sp³-hybridized carbons (Fsp3) is 1.00. The van der Waals surface area contributed by atoms with Crippen LogP contribution in [0.3, 0.4) is 0 Å². The van der Waals surface area contributed by atoms with E-state index in [1.165, 1.54) is 25.7 Å². The highest BCUT2D eigenvalue weighted by Crippen LogP contribution is 2.53. The van der Waals surface area contributed by atoms with Gasteiger partial charge in [0.25, 0.3) is 0 Å². The lowest BCUT2D eigenvalue weighted by molar-refractivity contribution is -0.0289. The molecule has 0 bridgehead atoms. The normalized spacial score (nSPS) is 39.0. The molecule has 2 rings (SSSR count). The fourth-order valence-electron chi connectivity index (χ4n) is 3.72. The van der Waals surface area contributed by atoms with E-state index in [1.54, 1.807) is 0 Å². The van der Waals surface area contributed by atoms with E-state index >= 15 is 0 Å². The molecule has 2 saturated carbocycles. The van der Waals surface area contributed by atoms with Crippen molar-refractivity contribution < 1.29 is 10.2 Å². The first kappa shape index (κ1) is 11.4. The maximum absolute atomic E-state index is 10.4. The largest absolute Gasteiger partial charge is 0.392 e. The highest BCUT2D eigenvalue weighted by molar-refractivity contribution is 5.04. The van der Waals surface area contributed by atoms with Crippen LogP contribution < -0.4 is 0 Å². The van der Waals surface area contributed by atoms with Crippen LogP contribution in [-0.2, 0) is 0 Å². The standard InChI is InChI=1S/C13H24O2/c1-2-3-6-10-9-11(14)13(12(10)15)7-4-5-8-13/h10-12,14-15H,2-9H2,1H3. The van der Waals surface area contributed by atoms with Crippen molar-refractivity contribution in [2.75, 3.05) is 0 Å².